The smallest absolute Gasteiger partial charge is 0.165 e. The van der Waals surface area contributed by atoms with Crippen LogP contribution in [0, 0.1) is 5.82 Å². The Morgan fingerprint density at radius 3 is 2.58 bits per heavy atom. The maximum absolute atomic E-state index is 13.6. The molecule has 1 aromatic carbocycles. The van der Waals surface area contributed by atoms with Gasteiger partial charge < -0.3 is 10.1 Å². The third-order valence-electron chi connectivity index (χ3n) is 3.62. The van der Waals surface area contributed by atoms with Crippen molar-refractivity contribution in [1.82, 2.24) is 10.2 Å². The molecule has 0 amide bonds. The third-order valence-corrected chi connectivity index (χ3v) is 3.62. The molecule has 0 atom stereocenters. The number of hydrogen-bond acceptors (Lipinski definition) is 3. The van der Waals surface area contributed by atoms with Gasteiger partial charge >= 0.3 is 0 Å². The van der Waals surface area contributed by atoms with E-state index in [2.05, 4.69) is 10.2 Å². The lowest BCUT2D eigenvalue weighted by Gasteiger charge is -2.31. The second kappa shape index (κ2) is 7.68. The van der Waals surface area contributed by atoms with Crippen LogP contribution in [0.4, 0.5) is 4.39 Å². The fraction of sp³-hybridized carbons (Fsp3) is 0.571. The first-order valence-electron chi connectivity index (χ1n) is 6.45. The Morgan fingerprint density at radius 1 is 1.37 bits per heavy atom. The van der Waals surface area contributed by atoms with Crippen molar-refractivity contribution in [3.8, 4) is 5.75 Å². The van der Waals surface area contributed by atoms with E-state index in [4.69, 9.17) is 4.74 Å². The van der Waals surface area contributed by atoms with Gasteiger partial charge in [-0.15, -0.1) is 12.4 Å². The van der Waals surface area contributed by atoms with Gasteiger partial charge in [0.25, 0.3) is 0 Å². The van der Waals surface area contributed by atoms with E-state index >= 15 is 0 Å². The molecular weight excluding hydrogens is 267 g/mol. The number of hydrogen-bond donors (Lipinski definition) is 1. The highest BCUT2D eigenvalue weighted by molar-refractivity contribution is 5.85. The van der Waals surface area contributed by atoms with Gasteiger partial charge in [0.15, 0.2) is 11.6 Å². The quantitative estimate of drug-likeness (QED) is 0.921. The van der Waals surface area contributed by atoms with E-state index in [1.54, 1.807) is 12.1 Å². The number of ether oxygens (including phenoxy) is 1. The summed E-state index contributed by atoms with van der Waals surface area (Å²) in [5, 5.41) is 3.31. The van der Waals surface area contributed by atoms with Crippen LogP contribution in [0.15, 0.2) is 18.2 Å². The van der Waals surface area contributed by atoms with Gasteiger partial charge in [0.2, 0.25) is 0 Å². The summed E-state index contributed by atoms with van der Waals surface area (Å²) in [6, 6.07) is 5.84. The minimum absolute atomic E-state index is 0. The van der Waals surface area contributed by atoms with Crippen LogP contribution >= 0.6 is 12.4 Å². The summed E-state index contributed by atoms with van der Waals surface area (Å²) in [6.07, 6.45) is 2.32. The van der Waals surface area contributed by atoms with Gasteiger partial charge in [0, 0.05) is 12.6 Å². The van der Waals surface area contributed by atoms with Gasteiger partial charge in [-0.2, -0.15) is 0 Å². The summed E-state index contributed by atoms with van der Waals surface area (Å²) in [7, 11) is 3.50. The Morgan fingerprint density at radius 2 is 2.05 bits per heavy atom. The minimum atomic E-state index is -0.278. The zero-order chi connectivity index (χ0) is 13.0. The molecular formula is C14H22ClFN2O. The van der Waals surface area contributed by atoms with Gasteiger partial charge in [-0.05, 0) is 50.7 Å². The Bertz CT molecular complexity index is 395. The van der Waals surface area contributed by atoms with Crippen molar-refractivity contribution in [2.75, 3.05) is 27.2 Å². The standard InChI is InChI=1S/C14H21FN2O.ClH/c1-16-12-5-7-17(8-6-12)10-11-3-4-14(18-2)13(15)9-11;/h3-4,9,12,16H,5-8,10H2,1-2H3;1H. The van der Waals surface area contributed by atoms with E-state index in [0.717, 1.165) is 38.0 Å². The summed E-state index contributed by atoms with van der Waals surface area (Å²) in [5.41, 5.74) is 1.01. The van der Waals surface area contributed by atoms with E-state index in [1.807, 2.05) is 13.1 Å². The SMILES string of the molecule is CNC1CCN(Cc2ccc(OC)c(F)c2)CC1.Cl. The zero-order valence-corrected chi connectivity index (χ0v) is 12.3. The third kappa shape index (κ3) is 4.34. The fourth-order valence-corrected chi connectivity index (χ4v) is 2.45. The maximum atomic E-state index is 13.6. The lowest BCUT2D eigenvalue weighted by Crippen LogP contribution is -2.40. The molecule has 1 aromatic rings. The second-order valence-corrected chi connectivity index (χ2v) is 4.81. The number of rotatable bonds is 4. The van der Waals surface area contributed by atoms with Gasteiger partial charge in [-0.1, -0.05) is 6.07 Å². The van der Waals surface area contributed by atoms with Crippen molar-refractivity contribution >= 4 is 12.4 Å². The highest BCUT2D eigenvalue weighted by Crippen LogP contribution is 2.20. The normalized spacial score (nSPS) is 17.0. The maximum Gasteiger partial charge on any atom is 0.165 e. The number of methoxy groups -OCH3 is 1. The van der Waals surface area contributed by atoms with Crippen LogP contribution in [0.2, 0.25) is 0 Å². The topological polar surface area (TPSA) is 24.5 Å². The Balaban J connectivity index is 0.00000180. The average Bonchev–Trinajstić information content (AvgIpc) is 2.40. The largest absolute Gasteiger partial charge is 0.494 e. The number of benzene rings is 1. The molecule has 2 rings (SSSR count). The molecule has 0 aliphatic carbocycles. The highest BCUT2D eigenvalue weighted by Gasteiger charge is 2.17. The van der Waals surface area contributed by atoms with E-state index in [9.17, 15) is 4.39 Å². The number of nitrogens with zero attached hydrogens (tertiary/aromatic N) is 1. The molecule has 0 unspecified atom stereocenters. The number of nitrogens with one attached hydrogen (secondary N) is 1. The van der Waals surface area contributed by atoms with E-state index < -0.39 is 0 Å². The van der Waals surface area contributed by atoms with Crippen LogP contribution in [0.25, 0.3) is 0 Å². The van der Waals surface area contributed by atoms with Crippen LogP contribution < -0.4 is 10.1 Å². The molecule has 1 aliphatic rings. The molecule has 1 fully saturated rings. The number of likely N-dealkylation sites (tertiary alicyclic amines) is 1. The van der Waals surface area contributed by atoms with Gasteiger partial charge in [0.1, 0.15) is 0 Å². The molecule has 3 nitrogen and oxygen atoms in total. The molecule has 1 N–H and O–H groups in total. The number of halogens is 2. The van der Waals surface area contributed by atoms with Crippen molar-refractivity contribution in [2.45, 2.75) is 25.4 Å². The van der Waals surface area contributed by atoms with Gasteiger partial charge in [0.05, 0.1) is 7.11 Å². The van der Waals surface area contributed by atoms with Gasteiger partial charge in [-0.3, -0.25) is 4.90 Å². The summed E-state index contributed by atoms with van der Waals surface area (Å²) < 4.78 is 18.5. The van der Waals surface area contributed by atoms with Crippen molar-refractivity contribution in [1.29, 1.82) is 0 Å². The first-order chi connectivity index (χ1) is 8.72. The molecule has 0 saturated carbocycles. The van der Waals surface area contributed by atoms with E-state index in [0.29, 0.717) is 11.8 Å². The Labute approximate surface area is 120 Å². The first-order valence-corrected chi connectivity index (χ1v) is 6.45. The molecule has 1 aliphatic heterocycles. The minimum Gasteiger partial charge on any atom is -0.494 e. The Hall–Kier alpha value is -0.840. The van der Waals surface area contributed by atoms with E-state index in [1.165, 1.54) is 7.11 Å². The van der Waals surface area contributed by atoms with Crippen molar-refractivity contribution in [2.24, 2.45) is 0 Å². The van der Waals surface area contributed by atoms with Crippen LogP contribution in [0.3, 0.4) is 0 Å². The Kier molecular flexibility index (Phi) is 6.55. The highest BCUT2D eigenvalue weighted by atomic mass is 35.5. The molecule has 0 bridgehead atoms. The monoisotopic (exact) mass is 288 g/mol. The summed E-state index contributed by atoms with van der Waals surface area (Å²) in [5.74, 6) is 0.0350. The van der Waals surface area contributed by atoms with Crippen LogP contribution in [0.5, 0.6) is 5.75 Å². The lowest BCUT2D eigenvalue weighted by atomic mass is 10.0. The van der Waals surface area contributed by atoms with Crippen molar-refractivity contribution < 1.29 is 9.13 Å². The van der Waals surface area contributed by atoms with Crippen molar-refractivity contribution in [3.63, 3.8) is 0 Å². The molecule has 19 heavy (non-hydrogen) atoms. The zero-order valence-electron chi connectivity index (χ0n) is 11.5. The van der Waals surface area contributed by atoms with E-state index in [-0.39, 0.29) is 18.2 Å². The molecule has 0 aromatic heterocycles. The molecule has 0 spiro atoms. The predicted octanol–water partition coefficient (Wildman–Crippen LogP) is 2.44. The molecule has 1 saturated heterocycles. The number of piperidine rings is 1. The summed E-state index contributed by atoms with van der Waals surface area (Å²) in [6.45, 7) is 2.95. The van der Waals surface area contributed by atoms with Crippen LogP contribution in [0.1, 0.15) is 18.4 Å². The lowest BCUT2D eigenvalue weighted by molar-refractivity contribution is 0.194. The molecule has 0 radical (unpaired) electrons. The predicted molar refractivity (Wildman–Crippen MR) is 77.6 cm³/mol. The fourth-order valence-electron chi connectivity index (χ4n) is 2.45. The van der Waals surface area contributed by atoms with Crippen molar-refractivity contribution in [3.05, 3.63) is 29.6 Å². The van der Waals surface area contributed by atoms with Gasteiger partial charge in [-0.25, -0.2) is 4.39 Å². The average molecular weight is 289 g/mol. The summed E-state index contributed by atoms with van der Waals surface area (Å²) >= 11 is 0. The van der Waals surface area contributed by atoms with Crippen LogP contribution in [-0.4, -0.2) is 38.2 Å². The summed E-state index contributed by atoms with van der Waals surface area (Å²) in [4.78, 5) is 2.37. The molecule has 108 valence electrons. The molecule has 1 heterocycles. The van der Waals surface area contributed by atoms with Crippen LogP contribution in [-0.2, 0) is 6.54 Å². The first kappa shape index (κ1) is 16.2. The molecule has 5 heteroatoms. The second-order valence-electron chi connectivity index (χ2n) is 4.81.